The van der Waals surface area contributed by atoms with Gasteiger partial charge in [-0.2, -0.15) is 22.1 Å². The lowest BCUT2D eigenvalue weighted by atomic mass is 9.86. The highest BCUT2D eigenvalue weighted by Crippen LogP contribution is 2.55. The quantitative estimate of drug-likeness (QED) is 0.233. The Hall–Kier alpha value is -4.69. The van der Waals surface area contributed by atoms with Gasteiger partial charge in [-0.25, -0.2) is 0 Å². The molecule has 0 amide bonds. The van der Waals surface area contributed by atoms with Crippen LogP contribution < -0.4 is 32.8 Å². The first kappa shape index (κ1) is 34.4. The maximum Gasteiger partial charge on any atom is 0.317 e. The summed E-state index contributed by atoms with van der Waals surface area (Å²) in [5.41, 5.74) is 6.59. The molecule has 0 aromatic heterocycles. The molecule has 0 saturated carbocycles. The molecule has 13 heteroatoms. The Morgan fingerprint density at radius 3 is 2.10 bits per heavy atom. The summed E-state index contributed by atoms with van der Waals surface area (Å²) in [6, 6.07) is 17.5. The molecule has 5 aliphatic rings. The van der Waals surface area contributed by atoms with Crippen LogP contribution >= 0.6 is 0 Å². The summed E-state index contributed by atoms with van der Waals surface area (Å²) in [5.74, 6) is 4.10. The standard InChI is InChI=1S/C39H44N4O8S/c1-40(2)52(44,45)43-29-22-33(47-5)34-20-26(29)17-31-37-25(13-15-42(31)43)19-36(48-6)38(49-7)39(37)51-35-21-28-24(18-32(35)46-4)12-14-41(3)30(28)16-23-8-10-27(50-34)11-9-23/h8-11,18-22,30-31H,12-17H2,1-7H3/t30-,31-/m0/s1. The number of nitrogens with zero attached hydrogens (tertiary/aromatic N) is 4. The number of likely N-dealkylation sites (N-methyl/N-ethyl adjacent to an activating group) is 1. The largest absolute Gasteiger partial charge is 0.493 e. The van der Waals surface area contributed by atoms with Crippen LogP contribution in [0.2, 0.25) is 0 Å². The van der Waals surface area contributed by atoms with Gasteiger partial charge >= 0.3 is 10.2 Å². The zero-order valence-electron chi connectivity index (χ0n) is 30.6. The summed E-state index contributed by atoms with van der Waals surface area (Å²) in [6.45, 7) is 1.32. The number of anilines is 1. The molecule has 0 fully saturated rings. The van der Waals surface area contributed by atoms with Gasteiger partial charge in [0.15, 0.2) is 34.5 Å². The van der Waals surface area contributed by atoms with Gasteiger partial charge in [0.2, 0.25) is 5.75 Å². The summed E-state index contributed by atoms with van der Waals surface area (Å²) in [5, 5.41) is 1.91. The molecule has 0 unspecified atom stereocenters. The molecule has 2 atom stereocenters. The first-order valence-corrected chi connectivity index (χ1v) is 18.8. The zero-order chi connectivity index (χ0) is 36.5. The van der Waals surface area contributed by atoms with Gasteiger partial charge < -0.3 is 28.4 Å². The fourth-order valence-electron chi connectivity index (χ4n) is 8.09. The molecule has 0 spiro atoms. The molecule has 5 aliphatic heterocycles. The highest BCUT2D eigenvalue weighted by atomic mass is 32.2. The fraction of sp³-hybridized carbons (Fsp3) is 0.385. The number of hydrazine groups is 1. The van der Waals surface area contributed by atoms with Crippen molar-refractivity contribution in [3.05, 3.63) is 88.0 Å². The maximum absolute atomic E-state index is 14.3. The van der Waals surface area contributed by atoms with Crippen molar-refractivity contribution in [2.75, 3.05) is 67.1 Å². The van der Waals surface area contributed by atoms with E-state index >= 15 is 0 Å². The van der Waals surface area contributed by atoms with Crippen molar-refractivity contribution in [3.8, 4) is 46.0 Å². The molecular formula is C39H44N4O8S. The zero-order valence-corrected chi connectivity index (χ0v) is 31.4. The molecule has 5 heterocycles. The minimum absolute atomic E-state index is 0.0811. The third-order valence-electron chi connectivity index (χ3n) is 10.8. The van der Waals surface area contributed by atoms with Gasteiger partial charge in [0.05, 0.1) is 40.2 Å². The fourth-order valence-corrected chi connectivity index (χ4v) is 9.28. The van der Waals surface area contributed by atoms with Crippen molar-refractivity contribution < 1.29 is 36.8 Å². The molecule has 7 bridgehead atoms. The highest BCUT2D eigenvalue weighted by molar-refractivity contribution is 7.90. The summed E-state index contributed by atoms with van der Waals surface area (Å²) in [6.07, 6.45) is 2.63. The maximum atomic E-state index is 14.3. The van der Waals surface area contributed by atoms with Gasteiger partial charge in [-0.1, -0.05) is 12.1 Å². The van der Waals surface area contributed by atoms with Crippen LogP contribution in [-0.4, -0.2) is 85.3 Å². The van der Waals surface area contributed by atoms with Gasteiger partial charge in [0, 0.05) is 44.9 Å². The second-order valence-corrected chi connectivity index (χ2v) is 15.8. The number of rotatable bonds is 6. The van der Waals surface area contributed by atoms with E-state index in [1.54, 1.807) is 34.5 Å². The van der Waals surface area contributed by atoms with E-state index in [9.17, 15) is 8.42 Å². The van der Waals surface area contributed by atoms with Crippen LogP contribution in [-0.2, 0) is 35.9 Å². The molecule has 12 nitrogen and oxygen atoms in total. The van der Waals surface area contributed by atoms with Gasteiger partial charge in [0.1, 0.15) is 5.75 Å². The summed E-state index contributed by atoms with van der Waals surface area (Å²) >= 11 is 0. The molecule has 0 N–H and O–H groups in total. The monoisotopic (exact) mass is 728 g/mol. The van der Waals surface area contributed by atoms with E-state index in [1.165, 1.54) is 28.4 Å². The van der Waals surface area contributed by atoms with E-state index in [0.29, 0.717) is 71.1 Å². The molecule has 274 valence electrons. The Balaban J connectivity index is 1.42. The van der Waals surface area contributed by atoms with E-state index in [-0.39, 0.29) is 6.04 Å². The Labute approximate surface area is 305 Å². The second kappa shape index (κ2) is 13.1. The smallest absolute Gasteiger partial charge is 0.317 e. The van der Waals surface area contributed by atoms with Crippen molar-refractivity contribution in [3.63, 3.8) is 0 Å². The minimum atomic E-state index is -4.03. The number of benzene rings is 4. The molecule has 4 aromatic rings. The van der Waals surface area contributed by atoms with Crippen LogP contribution in [0.3, 0.4) is 0 Å². The number of methoxy groups -OCH3 is 4. The molecule has 9 rings (SSSR count). The topological polar surface area (TPSA) is 102 Å². The Morgan fingerprint density at radius 1 is 0.731 bits per heavy atom. The van der Waals surface area contributed by atoms with E-state index in [1.807, 2.05) is 29.3 Å². The highest BCUT2D eigenvalue weighted by Gasteiger charge is 2.46. The first-order chi connectivity index (χ1) is 25.1. The van der Waals surface area contributed by atoms with E-state index in [2.05, 4.69) is 36.2 Å². The van der Waals surface area contributed by atoms with E-state index in [4.69, 9.17) is 28.4 Å². The van der Waals surface area contributed by atoms with Crippen molar-refractivity contribution in [2.24, 2.45) is 0 Å². The normalized spacial score (nSPS) is 19.4. The molecule has 0 radical (unpaired) electrons. The van der Waals surface area contributed by atoms with Gasteiger partial charge in [0.25, 0.3) is 0 Å². The van der Waals surface area contributed by atoms with Crippen LogP contribution in [0.15, 0.2) is 54.6 Å². The number of fused-ring (bicyclic) bond motifs is 2. The summed E-state index contributed by atoms with van der Waals surface area (Å²) < 4.78 is 68.5. The van der Waals surface area contributed by atoms with Crippen LogP contribution in [0.25, 0.3) is 0 Å². The number of hydrogen-bond acceptors (Lipinski definition) is 10. The first-order valence-electron chi connectivity index (χ1n) is 17.4. The molecule has 0 aliphatic carbocycles. The van der Waals surface area contributed by atoms with Crippen molar-refractivity contribution >= 4 is 15.9 Å². The van der Waals surface area contributed by atoms with Gasteiger partial charge in [-0.15, -0.1) is 0 Å². The molecular weight excluding hydrogens is 685 g/mol. The van der Waals surface area contributed by atoms with E-state index < -0.39 is 16.3 Å². The van der Waals surface area contributed by atoms with Gasteiger partial charge in [-0.3, -0.25) is 4.90 Å². The molecule has 4 aromatic carbocycles. The number of hydrogen-bond donors (Lipinski definition) is 0. The second-order valence-electron chi connectivity index (χ2n) is 13.8. The molecule has 0 saturated heterocycles. The third kappa shape index (κ3) is 5.49. The average Bonchev–Trinajstić information content (AvgIpc) is 3.14. The van der Waals surface area contributed by atoms with Crippen molar-refractivity contribution in [1.29, 1.82) is 0 Å². The van der Waals surface area contributed by atoms with Gasteiger partial charge in [-0.05, 0) is 96.9 Å². The predicted octanol–water partition coefficient (Wildman–Crippen LogP) is 6.07. The molecule has 52 heavy (non-hydrogen) atoms. The van der Waals surface area contributed by atoms with E-state index in [0.717, 1.165) is 47.2 Å². The number of ether oxygens (including phenoxy) is 6. The average molecular weight is 729 g/mol. The lowest BCUT2D eigenvalue weighted by Crippen LogP contribution is -2.57. The van der Waals surface area contributed by atoms with Crippen LogP contribution in [0.5, 0.6) is 46.0 Å². The van der Waals surface area contributed by atoms with Crippen LogP contribution in [0.4, 0.5) is 5.69 Å². The Bertz CT molecular complexity index is 2160. The Kier molecular flexibility index (Phi) is 8.64. The lowest BCUT2D eigenvalue weighted by Gasteiger charge is -2.49. The third-order valence-corrected chi connectivity index (χ3v) is 12.6. The SMILES string of the molecule is COc1cc2c3cc1Oc1ccc(cc1)C[C@H]1c4cc(c(OC)cc4CCN1C)Oc1c(OC)c(OC)cc4c1[C@H](C3)N(CC4)N2S(=O)(=O)N(C)C. The summed E-state index contributed by atoms with van der Waals surface area (Å²) in [7, 11) is 7.60. The van der Waals surface area contributed by atoms with Crippen molar-refractivity contribution in [1.82, 2.24) is 14.2 Å². The van der Waals surface area contributed by atoms with Crippen LogP contribution in [0.1, 0.15) is 45.5 Å². The summed E-state index contributed by atoms with van der Waals surface area (Å²) in [4.78, 5) is 2.38. The van der Waals surface area contributed by atoms with Crippen molar-refractivity contribution in [2.45, 2.75) is 37.8 Å². The Morgan fingerprint density at radius 2 is 1.40 bits per heavy atom. The lowest BCUT2D eigenvalue weighted by molar-refractivity contribution is 0.175. The van der Waals surface area contributed by atoms with Crippen LogP contribution in [0, 0.1) is 0 Å². The minimum Gasteiger partial charge on any atom is -0.493 e. The predicted molar refractivity (Wildman–Crippen MR) is 197 cm³/mol.